The Balaban J connectivity index is 2.68. The Morgan fingerprint density at radius 1 is 1.00 bits per heavy atom. The van der Waals surface area contributed by atoms with Crippen LogP contribution in [0.3, 0.4) is 0 Å². The van der Waals surface area contributed by atoms with Crippen LogP contribution in [0.2, 0.25) is 0 Å². The highest BCUT2D eigenvalue weighted by Gasteiger charge is 2.03. The fourth-order valence-electron chi connectivity index (χ4n) is 1.95. The van der Waals surface area contributed by atoms with Crippen LogP contribution in [0.5, 0.6) is 0 Å². The van der Waals surface area contributed by atoms with Crippen molar-refractivity contribution in [1.82, 2.24) is 0 Å². The van der Waals surface area contributed by atoms with Crippen molar-refractivity contribution < 1.29 is 0 Å². The predicted octanol–water partition coefficient (Wildman–Crippen LogP) is 2.81. The first-order chi connectivity index (χ1) is 7.81. The summed E-state index contributed by atoms with van der Waals surface area (Å²) in [4.78, 5) is 2.45. The van der Waals surface area contributed by atoms with E-state index >= 15 is 0 Å². The van der Waals surface area contributed by atoms with Crippen molar-refractivity contribution in [3.05, 3.63) is 29.8 Å². The number of anilines is 1. The zero-order chi connectivity index (χ0) is 11.8. The Morgan fingerprint density at radius 2 is 1.56 bits per heavy atom. The van der Waals surface area contributed by atoms with E-state index in [0.717, 1.165) is 26.1 Å². The Labute approximate surface area is 99.5 Å². The van der Waals surface area contributed by atoms with Gasteiger partial charge in [0.05, 0.1) is 0 Å². The van der Waals surface area contributed by atoms with E-state index in [2.05, 4.69) is 43.0 Å². The molecule has 90 valence electrons. The number of hydrogen-bond acceptors (Lipinski definition) is 2. The van der Waals surface area contributed by atoms with Gasteiger partial charge in [-0.3, -0.25) is 0 Å². The van der Waals surface area contributed by atoms with Gasteiger partial charge in [0, 0.05) is 18.8 Å². The molecule has 0 saturated heterocycles. The summed E-state index contributed by atoms with van der Waals surface area (Å²) >= 11 is 0. The van der Waals surface area contributed by atoms with Gasteiger partial charge in [-0.1, -0.05) is 26.0 Å². The molecule has 0 saturated carbocycles. The number of rotatable bonds is 7. The smallest absolute Gasteiger partial charge is 0.0366 e. The highest BCUT2D eigenvalue weighted by molar-refractivity contribution is 5.47. The summed E-state index contributed by atoms with van der Waals surface area (Å²) in [7, 11) is 0. The Morgan fingerprint density at radius 3 is 2.00 bits per heavy atom. The van der Waals surface area contributed by atoms with E-state index in [-0.39, 0.29) is 0 Å². The van der Waals surface area contributed by atoms with E-state index in [0.29, 0.717) is 0 Å². The minimum Gasteiger partial charge on any atom is -0.372 e. The van der Waals surface area contributed by atoms with Gasteiger partial charge in [-0.15, -0.1) is 0 Å². The summed E-state index contributed by atoms with van der Waals surface area (Å²) in [6.07, 6.45) is 3.37. The first-order valence-electron chi connectivity index (χ1n) is 6.35. The predicted molar refractivity (Wildman–Crippen MR) is 72.0 cm³/mol. The fourth-order valence-corrected chi connectivity index (χ4v) is 1.95. The van der Waals surface area contributed by atoms with Gasteiger partial charge in [-0.05, 0) is 43.5 Å². The zero-order valence-electron chi connectivity index (χ0n) is 10.6. The second kappa shape index (κ2) is 7.29. The molecule has 0 heterocycles. The van der Waals surface area contributed by atoms with Crippen molar-refractivity contribution >= 4 is 5.69 Å². The fraction of sp³-hybridized carbons (Fsp3) is 0.571. The Hall–Kier alpha value is -1.02. The summed E-state index contributed by atoms with van der Waals surface area (Å²) in [5.74, 6) is 0. The maximum Gasteiger partial charge on any atom is 0.0366 e. The maximum absolute atomic E-state index is 5.54. The second-order valence-corrected chi connectivity index (χ2v) is 4.19. The molecule has 2 N–H and O–H groups in total. The first-order valence-corrected chi connectivity index (χ1v) is 6.35. The summed E-state index contributed by atoms with van der Waals surface area (Å²) in [6, 6.07) is 8.83. The molecular weight excluding hydrogens is 196 g/mol. The lowest BCUT2D eigenvalue weighted by atomic mass is 10.1. The molecule has 0 aliphatic rings. The summed E-state index contributed by atoms with van der Waals surface area (Å²) < 4.78 is 0. The van der Waals surface area contributed by atoms with E-state index in [1.54, 1.807) is 0 Å². The third kappa shape index (κ3) is 3.86. The van der Waals surface area contributed by atoms with Crippen LogP contribution < -0.4 is 10.6 Å². The van der Waals surface area contributed by atoms with Crippen LogP contribution in [-0.2, 0) is 6.42 Å². The van der Waals surface area contributed by atoms with Gasteiger partial charge in [0.15, 0.2) is 0 Å². The summed E-state index contributed by atoms with van der Waals surface area (Å²) in [5.41, 5.74) is 8.21. The standard InChI is InChI=1S/C14H24N2/c1-3-11-16(12-4-2)14-7-5-13(6-8-14)9-10-15/h5-8H,3-4,9-12,15H2,1-2H3. The van der Waals surface area contributed by atoms with Crippen LogP contribution in [0.15, 0.2) is 24.3 Å². The average molecular weight is 220 g/mol. The molecule has 0 atom stereocenters. The zero-order valence-corrected chi connectivity index (χ0v) is 10.6. The quantitative estimate of drug-likeness (QED) is 0.765. The van der Waals surface area contributed by atoms with Gasteiger partial charge in [0.1, 0.15) is 0 Å². The molecular formula is C14H24N2. The maximum atomic E-state index is 5.54. The molecule has 16 heavy (non-hydrogen) atoms. The lowest BCUT2D eigenvalue weighted by molar-refractivity contribution is 0.744. The van der Waals surface area contributed by atoms with Gasteiger partial charge in [-0.2, -0.15) is 0 Å². The lowest BCUT2D eigenvalue weighted by Gasteiger charge is -2.23. The molecule has 0 radical (unpaired) electrons. The van der Waals surface area contributed by atoms with Crippen LogP contribution in [0.25, 0.3) is 0 Å². The number of hydrogen-bond donors (Lipinski definition) is 1. The van der Waals surface area contributed by atoms with Crippen molar-refractivity contribution in [2.45, 2.75) is 33.1 Å². The van der Waals surface area contributed by atoms with Gasteiger partial charge in [0.25, 0.3) is 0 Å². The van der Waals surface area contributed by atoms with Crippen LogP contribution in [0, 0.1) is 0 Å². The molecule has 2 nitrogen and oxygen atoms in total. The highest BCUT2D eigenvalue weighted by atomic mass is 15.1. The van der Waals surface area contributed by atoms with Crippen LogP contribution in [-0.4, -0.2) is 19.6 Å². The SMILES string of the molecule is CCCN(CCC)c1ccc(CCN)cc1. The van der Waals surface area contributed by atoms with Crippen molar-refractivity contribution in [2.75, 3.05) is 24.5 Å². The molecule has 0 aliphatic carbocycles. The summed E-state index contributed by atoms with van der Waals surface area (Å²) in [6.45, 7) is 7.47. The van der Waals surface area contributed by atoms with E-state index in [1.807, 2.05) is 0 Å². The molecule has 1 aromatic carbocycles. The third-order valence-electron chi connectivity index (χ3n) is 2.72. The molecule has 0 aliphatic heterocycles. The molecule has 0 amide bonds. The van der Waals surface area contributed by atoms with E-state index in [9.17, 15) is 0 Å². The molecule has 2 heteroatoms. The van der Waals surface area contributed by atoms with Crippen LogP contribution in [0.1, 0.15) is 32.3 Å². The monoisotopic (exact) mass is 220 g/mol. The van der Waals surface area contributed by atoms with Gasteiger partial charge >= 0.3 is 0 Å². The minimum absolute atomic E-state index is 0.729. The van der Waals surface area contributed by atoms with Crippen molar-refractivity contribution in [3.63, 3.8) is 0 Å². The first kappa shape index (κ1) is 13.0. The molecule has 0 aromatic heterocycles. The van der Waals surface area contributed by atoms with E-state index in [4.69, 9.17) is 5.73 Å². The molecule has 0 unspecified atom stereocenters. The van der Waals surface area contributed by atoms with Gasteiger partial charge in [0.2, 0.25) is 0 Å². The normalized spacial score (nSPS) is 10.4. The van der Waals surface area contributed by atoms with E-state index in [1.165, 1.54) is 24.1 Å². The van der Waals surface area contributed by atoms with Gasteiger partial charge < -0.3 is 10.6 Å². The topological polar surface area (TPSA) is 29.3 Å². The molecule has 1 rings (SSSR count). The number of nitrogens with zero attached hydrogens (tertiary/aromatic N) is 1. The highest BCUT2D eigenvalue weighted by Crippen LogP contribution is 2.16. The average Bonchev–Trinajstić information content (AvgIpc) is 2.30. The van der Waals surface area contributed by atoms with Crippen molar-refractivity contribution in [3.8, 4) is 0 Å². The number of benzene rings is 1. The van der Waals surface area contributed by atoms with Gasteiger partial charge in [-0.25, -0.2) is 0 Å². The van der Waals surface area contributed by atoms with Crippen LogP contribution in [0.4, 0.5) is 5.69 Å². The minimum atomic E-state index is 0.729. The molecule has 1 aromatic rings. The largest absolute Gasteiger partial charge is 0.372 e. The molecule has 0 bridgehead atoms. The third-order valence-corrected chi connectivity index (χ3v) is 2.72. The lowest BCUT2D eigenvalue weighted by Crippen LogP contribution is -2.24. The Bertz CT molecular complexity index is 273. The van der Waals surface area contributed by atoms with Crippen molar-refractivity contribution in [1.29, 1.82) is 0 Å². The van der Waals surface area contributed by atoms with E-state index < -0.39 is 0 Å². The summed E-state index contributed by atoms with van der Waals surface area (Å²) in [5, 5.41) is 0. The Kier molecular flexibility index (Phi) is 5.94. The number of nitrogens with two attached hydrogens (primary N) is 1. The van der Waals surface area contributed by atoms with Crippen molar-refractivity contribution in [2.24, 2.45) is 5.73 Å². The second-order valence-electron chi connectivity index (χ2n) is 4.19. The molecule has 0 spiro atoms. The van der Waals surface area contributed by atoms with Crippen LogP contribution >= 0.6 is 0 Å². The molecule has 0 fully saturated rings.